The zero-order valence-electron chi connectivity index (χ0n) is 9.85. The Hall–Kier alpha value is -0.880. The first-order chi connectivity index (χ1) is 8.10. The monoisotopic (exact) mass is 260 g/mol. The van der Waals surface area contributed by atoms with Crippen molar-refractivity contribution >= 4 is 11.6 Å². The standard InChI is InChI=1S/C11H17ClN2O3/c1-13-4-3-9(15)10(16)8-5-7(12)6-14-11(8)17-2/h5-6,9-10,13,15-16H,3-4H2,1-2H3. The van der Waals surface area contributed by atoms with Gasteiger partial charge in [-0.05, 0) is 26.1 Å². The van der Waals surface area contributed by atoms with Crippen LogP contribution in [0.3, 0.4) is 0 Å². The number of aliphatic hydroxyl groups excluding tert-OH is 2. The Morgan fingerprint density at radius 1 is 1.53 bits per heavy atom. The lowest BCUT2D eigenvalue weighted by molar-refractivity contribution is 0.0124. The van der Waals surface area contributed by atoms with Gasteiger partial charge in [-0.1, -0.05) is 11.6 Å². The third-order valence-electron chi connectivity index (χ3n) is 2.41. The largest absolute Gasteiger partial charge is 0.481 e. The van der Waals surface area contributed by atoms with Crippen molar-refractivity contribution in [2.24, 2.45) is 0 Å². The van der Waals surface area contributed by atoms with Crippen molar-refractivity contribution in [3.8, 4) is 5.88 Å². The molecule has 0 aliphatic carbocycles. The second-order valence-electron chi connectivity index (χ2n) is 3.66. The normalized spacial score (nSPS) is 14.4. The molecule has 96 valence electrons. The number of halogens is 1. The van der Waals surface area contributed by atoms with Crippen molar-refractivity contribution in [1.29, 1.82) is 0 Å². The molecule has 1 heterocycles. The maximum Gasteiger partial charge on any atom is 0.219 e. The number of nitrogens with zero attached hydrogens (tertiary/aromatic N) is 1. The molecule has 1 aromatic rings. The third-order valence-corrected chi connectivity index (χ3v) is 2.62. The van der Waals surface area contributed by atoms with Crippen LogP contribution in [-0.2, 0) is 0 Å². The van der Waals surface area contributed by atoms with Gasteiger partial charge in [0.2, 0.25) is 5.88 Å². The fourth-order valence-corrected chi connectivity index (χ4v) is 1.65. The van der Waals surface area contributed by atoms with E-state index in [1.165, 1.54) is 13.3 Å². The predicted molar refractivity (Wildman–Crippen MR) is 65.3 cm³/mol. The Kier molecular flexibility index (Phi) is 5.64. The summed E-state index contributed by atoms with van der Waals surface area (Å²) in [6.07, 6.45) is -0.106. The van der Waals surface area contributed by atoms with E-state index in [0.29, 0.717) is 23.6 Å². The fourth-order valence-electron chi connectivity index (χ4n) is 1.48. The zero-order chi connectivity index (χ0) is 12.8. The number of pyridine rings is 1. The number of nitrogens with one attached hydrogen (secondary N) is 1. The summed E-state index contributed by atoms with van der Waals surface area (Å²) in [5.41, 5.74) is 0.392. The summed E-state index contributed by atoms with van der Waals surface area (Å²) < 4.78 is 5.02. The molecule has 0 saturated carbocycles. The first-order valence-electron chi connectivity index (χ1n) is 5.30. The molecular formula is C11H17ClN2O3. The van der Waals surface area contributed by atoms with Gasteiger partial charge >= 0.3 is 0 Å². The molecule has 3 N–H and O–H groups in total. The van der Waals surface area contributed by atoms with Crippen molar-refractivity contribution in [2.45, 2.75) is 18.6 Å². The van der Waals surface area contributed by atoms with Crippen LogP contribution in [-0.4, -0.2) is 42.0 Å². The van der Waals surface area contributed by atoms with Gasteiger partial charge in [-0.3, -0.25) is 0 Å². The number of ether oxygens (including phenoxy) is 1. The molecule has 1 rings (SSSR count). The van der Waals surface area contributed by atoms with Crippen LogP contribution in [0.5, 0.6) is 5.88 Å². The van der Waals surface area contributed by atoms with E-state index in [1.807, 2.05) is 0 Å². The molecule has 0 aliphatic heterocycles. The number of rotatable bonds is 6. The fraction of sp³-hybridized carbons (Fsp3) is 0.545. The molecule has 0 radical (unpaired) electrons. The van der Waals surface area contributed by atoms with Crippen LogP contribution in [0.15, 0.2) is 12.3 Å². The Bertz CT molecular complexity index is 363. The van der Waals surface area contributed by atoms with Gasteiger partial charge < -0.3 is 20.3 Å². The zero-order valence-corrected chi connectivity index (χ0v) is 10.6. The minimum Gasteiger partial charge on any atom is -0.481 e. The van der Waals surface area contributed by atoms with E-state index < -0.39 is 12.2 Å². The molecule has 0 saturated heterocycles. The van der Waals surface area contributed by atoms with Gasteiger partial charge in [-0.15, -0.1) is 0 Å². The first kappa shape index (κ1) is 14.2. The number of aromatic nitrogens is 1. The average molecular weight is 261 g/mol. The lowest BCUT2D eigenvalue weighted by Crippen LogP contribution is -2.23. The van der Waals surface area contributed by atoms with Gasteiger partial charge in [0.25, 0.3) is 0 Å². The molecule has 0 fully saturated rings. The third kappa shape index (κ3) is 3.81. The van der Waals surface area contributed by atoms with Crippen molar-refractivity contribution in [2.75, 3.05) is 20.7 Å². The average Bonchev–Trinajstić information content (AvgIpc) is 2.34. The molecule has 0 aliphatic rings. The van der Waals surface area contributed by atoms with Crippen LogP contribution in [0.1, 0.15) is 18.1 Å². The number of hydrogen-bond acceptors (Lipinski definition) is 5. The Labute approximate surface area is 105 Å². The second-order valence-corrected chi connectivity index (χ2v) is 4.09. The molecule has 2 unspecified atom stereocenters. The van der Waals surface area contributed by atoms with E-state index in [-0.39, 0.29) is 5.88 Å². The smallest absolute Gasteiger partial charge is 0.219 e. The van der Waals surface area contributed by atoms with Crippen molar-refractivity contribution in [1.82, 2.24) is 10.3 Å². The van der Waals surface area contributed by atoms with Gasteiger partial charge in [0.05, 0.1) is 18.2 Å². The van der Waals surface area contributed by atoms with Gasteiger partial charge in [-0.2, -0.15) is 0 Å². The highest BCUT2D eigenvalue weighted by molar-refractivity contribution is 6.30. The van der Waals surface area contributed by atoms with Crippen LogP contribution in [0, 0.1) is 0 Å². The van der Waals surface area contributed by atoms with Gasteiger partial charge in [0.15, 0.2) is 0 Å². The summed E-state index contributed by atoms with van der Waals surface area (Å²) in [7, 11) is 3.23. The summed E-state index contributed by atoms with van der Waals surface area (Å²) in [5.74, 6) is 0.269. The predicted octanol–water partition coefficient (Wildman–Crippen LogP) is 0.747. The molecule has 1 aromatic heterocycles. The Morgan fingerprint density at radius 3 is 2.82 bits per heavy atom. The van der Waals surface area contributed by atoms with E-state index in [9.17, 15) is 10.2 Å². The van der Waals surface area contributed by atoms with E-state index in [4.69, 9.17) is 16.3 Å². The first-order valence-corrected chi connectivity index (χ1v) is 5.68. The molecular weight excluding hydrogens is 244 g/mol. The van der Waals surface area contributed by atoms with Crippen LogP contribution in [0.2, 0.25) is 5.02 Å². The Morgan fingerprint density at radius 2 is 2.24 bits per heavy atom. The molecule has 2 atom stereocenters. The number of hydrogen-bond donors (Lipinski definition) is 3. The molecule has 0 aromatic carbocycles. The second kappa shape index (κ2) is 6.76. The highest BCUT2D eigenvalue weighted by Gasteiger charge is 2.22. The summed E-state index contributed by atoms with van der Waals surface area (Å²) in [6, 6.07) is 1.54. The Balaban J connectivity index is 2.86. The minimum atomic E-state index is -1.07. The lowest BCUT2D eigenvalue weighted by atomic mass is 10.0. The maximum atomic E-state index is 10.00. The highest BCUT2D eigenvalue weighted by Crippen LogP contribution is 2.28. The summed E-state index contributed by atoms with van der Waals surface area (Å²) in [5, 5.41) is 23.1. The lowest BCUT2D eigenvalue weighted by Gasteiger charge is -2.19. The number of methoxy groups -OCH3 is 1. The maximum absolute atomic E-state index is 10.00. The van der Waals surface area contributed by atoms with E-state index >= 15 is 0 Å². The van der Waals surface area contributed by atoms with Crippen LogP contribution in [0.4, 0.5) is 0 Å². The molecule has 17 heavy (non-hydrogen) atoms. The van der Waals surface area contributed by atoms with Crippen molar-refractivity contribution in [3.63, 3.8) is 0 Å². The molecule has 0 amide bonds. The topological polar surface area (TPSA) is 74.6 Å². The van der Waals surface area contributed by atoms with E-state index in [0.717, 1.165) is 0 Å². The van der Waals surface area contributed by atoms with Crippen molar-refractivity contribution in [3.05, 3.63) is 22.8 Å². The SMILES string of the molecule is CNCCC(O)C(O)c1cc(Cl)cnc1OC. The summed E-state index contributed by atoms with van der Waals surface area (Å²) >= 11 is 5.80. The summed E-state index contributed by atoms with van der Waals surface area (Å²) in [6.45, 7) is 0.606. The molecule has 5 nitrogen and oxygen atoms in total. The van der Waals surface area contributed by atoms with E-state index in [1.54, 1.807) is 13.1 Å². The minimum absolute atomic E-state index is 0.269. The molecule has 0 bridgehead atoms. The molecule has 6 heteroatoms. The van der Waals surface area contributed by atoms with E-state index in [2.05, 4.69) is 10.3 Å². The van der Waals surface area contributed by atoms with Crippen molar-refractivity contribution < 1.29 is 14.9 Å². The number of aliphatic hydroxyl groups is 2. The quantitative estimate of drug-likeness (QED) is 0.704. The summed E-state index contributed by atoms with van der Waals surface area (Å²) in [4.78, 5) is 3.94. The van der Waals surface area contributed by atoms with Gasteiger partial charge in [-0.25, -0.2) is 4.98 Å². The van der Waals surface area contributed by atoms with Crippen LogP contribution < -0.4 is 10.1 Å². The highest BCUT2D eigenvalue weighted by atomic mass is 35.5. The molecule has 0 spiro atoms. The van der Waals surface area contributed by atoms with Crippen LogP contribution in [0.25, 0.3) is 0 Å². The van der Waals surface area contributed by atoms with Gasteiger partial charge in [0.1, 0.15) is 6.10 Å². The van der Waals surface area contributed by atoms with Gasteiger partial charge in [0, 0.05) is 11.8 Å². The van der Waals surface area contributed by atoms with Crippen LogP contribution >= 0.6 is 11.6 Å².